The quantitative estimate of drug-likeness (QED) is 0.736. The number of hydrogen-bond acceptors (Lipinski definition) is 1. The van der Waals surface area contributed by atoms with Gasteiger partial charge >= 0.3 is 0 Å². The molecule has 1 N–H and O–H groups in total. The Morgan fingerprint density at radius 2 is 1.68 bits per heavy atom. The molecule has 1 nitrogen and oxygen atoms in total. The summed E-state index contributed by atoms with van der Waals surface area (Å²) in [6, 6.07) is 6.77. The highest BCUT2D eigenvalue weighted by atomic mass is 35.5. The maximum absolute atomic E-state index is 6.33. The van der Waals surface area contributed by atoms with E-state index in [9.17, 15) is 0 Å². The Kier molecular flexibility index (Phi) is 3.88. The van der Waals surface area contributed by atoms with E-state index in [-0.39, 0.29) is 0 Å². The number of halogens is 1. The van der Waals surface area contributed by atoms with Gasteiger partial charge in [-0.05, 0) is 54.7 Å². The fraction of sp³-hybridized carbons (Fsp3) is 0.647. The van der Waals surface area contributed by atoms with E-state index in [1.807, 2.05) is 6.07 Å². The molecule has 106 valence electrons. The van der Waals surface area contributed by atoms with Crippen molar-refractivity contribution in [2.75, 3.05) is 5.32 Å². The monoisotopic (exact) mass is 279 g/mol. The van der Waals surface area contributed by atoms with Crippen LogP contribution in [0.1, 0.15) is 52.5 Å². The standard InChI is InChI=1S/C17H26ClN/c1-12-6-7-15(14(18)8-12)19-13-9-16(2,3)11-17(4,5)10-13/h6-8,13,19H,9-11H2,1-5H3. The molecule has 0 aliphatic heterocycles. The first-order valence-electron chi connectivity index (χ1n) is 7.20. The summed E-state index contributed by atoms with van der Waals surface area (Å²) in [4.78, 5) is 0. The summed E-state index contributed by atoms with van der Waals surface area (Å²) < 4.78 is 0. The lowest BCUT2D eigenvalue weighted by Gasteiger charge is -2.45. The minimum Gasteiger partial charge on any atom is -0.381 e. The second-order valence-corrected chi connectivity index (χ2v) is 8.15. The molecular formula is C17H26ClN. The van der Waals surface area contributed by atoms with Crippen molar-refractivity contribution < 1.29 is 0 Å². The van der Waals surface area contributed by atoms with Gasteiger partial charge in [-0.1, -0.05) is 45.4 Å². The second kappa shape index (κ2) is 5.01. The molecule has 0 bridgehead atoms. The Morgan fingerprint density at radius 1 is 1.11 bits per heavy atom. The number of hydrogen-bond donors (Lipinski definition) is 1. The van der Waals surface area contributed by atoms with Gasteiger partial charge in [-0.25, -0.2) is 0 Å². The molecule has 0 saturated heterocycles. The summed E-state index contributed by atoms with van der Waals surface area (Å²) >= 11 is 6.33. The van der Waals surface area contributed by atoms with Gasteiger partial charge in [0.25, 0.3) is 0 Å². The van der Waals surface area contributed by atoms with Crippen molar-refractivity contribution in [1.82, 2.24) is 0 Å². The zero-order chi connectivity index (χ0) is 14.3. The number of nitrogens with one attached hydrogen (secondary N) is 1. The first-order chi connectivity index (χ1) is 8.67. The van der Waals surface area contributed by atoms with Gasteiger partial charge in [0.15, 0.2) is 0 Å². The van der Waals surface area contributed by atoms with Crippen LogP contribution in [0.15, 0.2) is 18.2 Å². The molecule has 1 aliphatic carbocycles. The number of anilines is 1. The highest BCUT2D eigenvalue weighted by molar-refractivity contribution is 6.33. The lowest BCUT2D eigenvalue weighted by Crippen LogP contribution is -2.40. The average molecular weight is 280 g/mol. The Morgan fingerprint density at radius 3 is 2.21 bits per heavy atom. The van der Waals surface area contributed by atoms with Crippen LogP contribution in [0.5, 0.6) is 0 Å². The number of rotatable bonds is 2. The van der Waals surface area contributed by atoms with Crippen molar-refractivity contribution in [2.45, 2.75) is 59.9 Å². The van der Waals surface area contributed by atoms with E-state index < -0.39 is 0 Å². The van der Waals surface area contributed by atoms with Crippen LogP contribution in [0.25, 0.3) is 0 Å². The second-order valence-electron chi connectivity index (χ2n) is 7.74. The van der Waals surface area contributed by atoms with Crippen molar-refractivity contribution >= 4 is 17.3 Å². The van der Waals surface area contributed by atoms with E-state index >= 15 is 0 Å². The smallest absolute Gasteiger partial charge is 0.0640 e. The summed E-state index contributed by atoms with van der Waals surface area (Å²) in [5.41, 5.74) is 3.08. The third-order valence-corrected chi connectivity index (χ3v) is 4.35. The van der Waals surface area contributed by atoms with E-state index in [0.29, 0.717) is 16.9 Å². The largest absolute Gasteiger partial charge is 0.381 e. The highest BCUT2D eigenvalue weighted by Crippen LogP contribution is 2.46. The predicted octanol–water partition coefficient (Wildman–Crippen LogP) is 5.67. The topological polar surface area (TPSA) is 12.0 Å². The van der Waals surface area contributed by atoms with E-state index in [2.05, 4.69) is 52.1 Å². The van der Waals surface area contributed by atoms with Gasteiger partial charge in [0.05, 0.1) is 10.7 Å². The van der Waals surface area contributed by atoms with E-state index in [0.717, 1.165) is 10.7 Å². The van der Waals surface area contributed by atoms with Crippen LogP contribution in [0.4, 0.5) is 5.69 Å². The van der Waals surface area contributed by atoms with Crippen LogP contribution >= 0.6 is 11.6 Å². The van der Waals surface area contributed by atoms with Crippen LogP contribution in [0, 0.1) is 17.8 Å². The normalized spacial score (nSPS) is 22.2. The lowest BCUT2D eigenvalue weighted by molar-refractivity contribution is 0.105. The molecule has 0 spiro atoms. The molecule has 1 aromatic rings. The minimum atomic E-state index is 0.399. The molecule has 1 aliphatic rings. The highest BCUT2D eigenvalue weighted by Gasteiger charge is 2.38. The molecule has 19 heavy (non-hydrogen) atoms. The Balaban J connectivity index is 2.14. The Bertz CT molecular complexity index is 446. The SMILES string of the molecule is Cc1ccc(NC2CC(C)(C)CC(C)(C)C2)c(Cl)c1. The molecule has 0 atom stereocenters. The molecule has 2 heteroatoms. The van der Waals surface area contributed by atoms with Crippen molar-refractivity contribution in [1.29, 1.82) is 0 Å². The molecular weight excluding hydrogens is 254 g/mol. The molecule has 0 amide bonds. The van der Waals surface area contributed by atoms with Gasteiger partial charge < -0.3 is 5.32 Å². The van der Waals surface area contributed by atoms with Crippen LogP contribution < -0.4 is 5.32 Å². The molecule has 0 unspecified atom stereocenters. The summed E-state index contributed by atoms with van der Waals surface area (Å²) in [7, 11) is 0. The van der Waals surface area contributed by atoms with E-state index in [4.69, 9.17) is 11.6 Å². The van der Waals surface area contributed by atoms with Gasteiger partial charge in [-0.2, -0.15) is 0 Å². The van der Waals surface area contributed by atoms with E-state index in [1.54, 1.807) is 0 Å². The summed E-state index contributed by atoms with van der Waals surface area (Å²) in [6.07, 6.45) is 3.71. The third kappa shape index (κ3) is 3.89. The van der Waals surface area contributed by atoms with Crippen molar-refractivity contribution in [3.63, 3.8) is 0 Å². The van der Waals surface area contributed by atoms with E-state index in [1.165, 1.54) is 24.8 Å². The molecule has 0 radical (unpaired) electrons. The fourth-order valence-corrected chi connectivity index (χ4v) is 4.19. The first-order valence-corrected chi connectivity index (χ1v) is 7.57. The van der Waals surface area contributed by atoms with Crippen molar-refractivity contribution in [3.8, 4) is 0 Å². The first kappa shape index (κ1) is 14.7. The van der Waals surface area contributed by atoms with Crippen LogP contribution in [-0.4, -0.2) is 6.04 Å². The molecule has 1 fully saturated rings. The van der Waals surface area contributed by atoms with Crippen molar-refractivity contribution in [3.05, 3.63) is 28.8 Å². The summed E-state index contributed by atoms with van der Waals surface area (Å²) in [5, 5.41) is 4.49. The molecule has 1 aromatic carbocycles. The zero-order valence-electron chi connectivity index (χ0n) is 12.8. The van der Waals surface area contributed by atoms with Crippen LogP contribution in [-0.2, 0) is 0 Å². The molecule has 1 saturated carbocycles. The summed E-state index contributed by atoms with van der Waals surface area (Å²) in [5.74, 6) is 0. The predicted molar refractivity (Wildman–Crippen MR) is 85.0 cm³/mol. The van der Waals surface area contributed by atoms with Gasteiger partial charge in [-0.3, -0.25) is 0 Å². The number of aryl methyl sites for hydroxylation is 1. The molecule has 0 aromatic heterocycles. The van der Waals surface area contributed by atoms with Crippen LogP contribution in [0.2, 0.25) is 5.02 Å². The third-order valence-electron chi connectivity index (χ3n) is 4.04. The van der Waals surface area contributed by atoms with Gasteiger partial charge in [0, 0.05) is 6.04 Å². The summed E-state index contributed by atoms with van der Waals surface area (Å²) in [6.45, 7) is 11.6. The lowest BCUT2D eigenvalue weighted by atomic mass is 9.63. The average Bonchev–Trinajstić information content (AvgIpc) is 2.17. The maximum Gasteiger partial charge on any atom is 0.0640 e. The van der Waals surface area contributed by atoms with Gasteiger partial charge in [0.1, 0.15) is 0 Å². The fourth-order valence-electron chi connectivity index (χ4n) is 3.91. The van der Waals surface area contributed by atoms with Gasteiger partial charge in [-0.15, -0.1) is 0 Å². The molecule has 0 heterocycles. The van der Waals surface area contributed by atoms with Crippen molar-refractivity contribution in [2.24, 2.45) is 10.8 Å². The Labute approximate surface area is 122 Å². The number of benzene rings is 1. The van der Waals surface area contributed by atoms with Gasteiger partial charge in [0.2, 0.25) is 0 Å². The molecule has 2 rings (SSSR count). The van der Waals surface area contributed by atoms with Crippen LogP contribution in [0.3, 0.4) is 0 Å². The minimum absolute atomic E-state index is 0.399. The zero-order valence-corrected chi connectivity index (χ0v) is 13.6. The maximum atomic E-state index is 6.33. The Hall–Kier alpha value is -0.690.